The third kappa shape index (κ3) is 12.3. The lowest BCUT2D eigenvalue weighted by molar-refractivity contribution is -0.154. The first-order valence-corrected chi connectivity index (χ1v) is 9.96. The zero-order valence-corrected chi connectivity index (χ0v) is 17.7. The molecular formula is C21H40O5. The zero-order valence-electron chi connectivity index (χ0n) is 17.7. The van der Waals surface area contributed by atoms with Crippen LogP contribution in [0.4, 0.5) is 0 Å². The second-order valence-electron chi connectivity index (χ2n) is 8.58. The van der Waals surface area contributed by atoms with Crippen LogP contribution in [0.2, 0.25) is 0 Å². The molecule has 0 bridgehead atoms. The van der Waals surface area contributed by atoms with Gasteiger partial charge in [0.2, 0.25) is 0 Å². The predicted molar refractivity (Wildman–Crippen MR) is 104 cm³/mol. The molecule has 0 fully saturated rings. The maximum Gasteiger partial charge on any atom is 0.311 e. The lowest BCUT2D eigenvalue weighted by atomic mass is 9.87. The molecule has 0 aromatic heterocycles. The number of hydrogen-bond donors (Lipinski definition) is 1. The van der Waals surface area contributed by atoms with Gasteiger partial charge in [0.05, 0.1) is 18.6 Å². The fraction of sp³-hybridized carbons (Fsp3) is 0.905. The SMILES string of the molecule is COC(=O)C(C)(C)CCCCCC(O)CCCCCC(C)(C)OC(C)=O. The Bertz CT molecular complexity index is 415. The summed E-state index contributed by atoms with van der Waals surface area (Å²) in [6, 6.07) is 0. The summed E-state index contributed by atoms with van der Waals surface area (Å²) in [4.78, 5) is 22.6. The molecular weight excluding hydrogens is 332 g/mol. The Morgan fingerprint density at radius 2 is 1.38 bits per heavy atom. The monoisotopic (exact) mass is 372 g/mol. The van der Waals surface area contributed by atoms with Crippen LogP contribution in [-0.2, 0) is 19.1 Å². The molecule has 1 atom stereocenters. The van der Waals surface area contributed by atoms with E-state index >= 15 is 0 Å². The van der Waals surface area contributed by atoms with Crippen molar-refractivity contribution in [2.75, 3.05) is 7.11 Å². The van der Waals surface area contributed by atoms with Crippen molar-refractivity contribution in [3.8, 4) is 0 Å². The number of esters is 2. The van der Waals surface area contributed by atoms with Gasteiger partial charge in [-0.05, 0) is 59.8 Å². The molecule has 1 N–H and O–H groups in total. The Labute approximate surface area is 159 Å². The van der Waals surface area contributed by atoms with Gasteiger partial charge < -0.3 is 14.6 Å². The molecule has 0 rings (SSSR count). The molecule has 0 amide bonds. The van der Waals surface area contributed by atoms with Crippen LogP contribution in [0.15, 0.2) is 0 Å². The van der Waals surface area contributed by atoms with Gasteiger partial charge in [-0.15, -0.1) is 0 Å². The van der Waals surface area contributed by atoms with Crippen LogP contribution in [-0.4, -0.2) is 35.9 Å². The van der Waals surface area contributed by atoms with Crippen molar-refractivity contribution in [1.82, 2.24) is 0 Å². The molecule has 0 aromatic carbocycles. The van der Waals surface area contributed by atoms with Crippen LogP contribution in [0.25, 0.3) is 0 Å². The highest BCUT2D eigenvalue weighted by Crippen LogP contribution is 2.25. The van der Waals surface area contributed by atoms with Gasteiger partial charge >= 0.3 is 11.9 Å². The molecule has 0 aromatic rings. The number of carbonyl (C=O) groups is 2. The highest BCUT2D eigenvalue weighted by Gasteiger charge is 2.27. The first-order chi connectivity index (χ1) is 12.0. The van der Waals surface area contributed by atoms with Gasteiger partial charge in [0.25, 0.3) is 0 Å². The number of methoxy groups -OCH3 is 1. The van der Waals surface area contributed by atoms with Crippen LogP contribution >= 0.6 is 0 Å². The summed E-state index contributed by atoms with van der Waals surface area (Å²) < 4.78 is 10.1. The van der Waals surface area contributed by atoms with Crippen LogP contribution in [0, 0.1) is 5.41 Å². The predicted octanol–water partition coefficient (Wildman–Crippen LogP) is 4.79. The summed E-state index contributed by atoms with van der Waals surface area (Å²) >= 11 is 0. The molecule has 0 spiro atoms. The molecule has 1 unspecified atom stereocenters. The Kier molecular flexibility index (Phi) is 11.8. The Balaban J connectivity index is 3.68. The van der Waals surface area contributed by atoms with Crippen molar-refractivity contribution in [3.63, 3.8) is 0 Å². The van der Waals surface area contributed by atoms with Crippen LogP contribution in [0.1, 0.15) is 98.8 Å². The molecule has 5 heteroatoms. The molecule has 0 aliphatic heterocycles. The fourth-order valence-corrected chi connectivity index (χ4v) is 3.19. The first-order valence-electron chi connectivity index (χ1n) is 9.96. The van der Waals surface area contributed by atoms with Crippen molar-refractivity contribution in [1.29, 1.82) is 0 Å². The van der Waals surface area contributed by atoms with Crippen molar-refractivity contribution in [2.45, 2.75) is 111 Å². The number of aliphatic hydroxyl groups excluding tert-OH is 1. The normalized spacial score (nSPS) is 13.3. The quantitative estimate of drug-likeness (QED) is 0.350. The molecule has 0 heterocycles. The molecule has 154 valence electrons. The smallest absolute Gasteiger partial charge is 0.311 e. The second-order valence-corrected chi connectivity index (χ2v) is 8.58. The van der Waals surface area contributed by atoms with Crippen molar-refractivity contribution in [3.05, 3.63) is 0 Å². The lowest BCUT2D eigenvalue weighted by Crippen LogP contribution is -2.26. The maximum atomic E-state index is 11.6. The van der Waals surface area contributed by atoms with E-state index in [1.165, 1.54) is 14.0 Å². The number of rotatable bonds is 14. The summed E-state index contributed by atoms with van der Waals surface area (Å²) in [6.45, 7) is 9.14. The number of ether oxygens (including phenoxy) is 2. The van der Waals surface area contributed by atoms with Gasteiger partial charge in [-0.3, -0.25) is 9.59 Å². The van der Waals surface area contributed by atoms with E-state index in [-0.39, 0.29) is 18.0 Å². The average Bonchev–Trinajstić information content (AvgIpc) is 2.51. The van der Waals surface area contributed by atoms with E-state index in [2.05, 4.69) is 0 Å². The topological polar surface area (TPSA) is 72.8 Å². The van der Waals surface area contributed by atoms with Gasteiger partial charge in [0.15, 0.2) is 0 Å². The van der Waals surface area contributed by atoms with E-state index in [9.17, 15) is 14.7 Å². The van der Waals surface area contributed by atoms with Gasteiger partial charge in [-0.2, -0.15) is 0 Å². The summed E-state index contributed by atoms with van der Waals surface area (Å²) in [5.74, 6) is -0.394. The minimum atomic E-state index is -0.423. The van der Waals surface area contributed by atoms with E-state index in [0.29, 0.717) is 0 Å². The maximum absolute atomic E-state index is 11.6. The summed E-state index contributed by atoms with van der Waals surface area (Å²) in [5, 5.41) is 10.1. The third-order valence-corrected chi connectivity index (χ3v) is 4.81. The van der Waals surface area contributed by atoms with Crippen LogP contribution in [0.3, 0.4) is 0 Å². The fourth-order valence-electron chi connectivity index (χ4n) is 3.19. The van der Waals surface area contributed by atoms with E-state index in [1.807, 2.05) is 27.7 Å². The van der Waals surface area contributed by atoms with Gasteiger partial charge in [-0.1, -0.05) is 32.1 Å². The number of aliphatic hydroxyl groups is 1. The molecule has 26 heavy (non-hydrogen) atoms. The summed E-state index contributed by atoms with van der Waals surface area (Å²) in [5.41, 5.74) is -0.824. The zero-order chi connectivity index (χ0) is 20.2. The van der Waals surface area contributed by atoms with Gasteiger partial charge in [0, 0.05) is 6.92 Å². The summed E-state index contributed by atoms with van der Waals surface area (Å²) in [6.07, 6.45) is 9.06. The van der Waals surface area contributed by atoms with E-state index < -0.39 is 11.0 Å². The van der Waals surface area contributed by atoms with Gasteiger partial charge in [-0.25, -0.2) is 0 Å². The highest BCUT2D eigenvalue weighted by molar-refractivity contribution is 5.75. The standard InChI is InChI=1S/C21H40O5/c1-17(22)26-21(4,5)16-12-8-10-14-18(23)13-9-7-11-15-20(2,3)19(24)25-6/h18,23H,7-16H2,1-6H3. The average molecular weight is 373 g/mol. The molecule has 5 nitrogen and oxygen atoms in total. The van der Waals surface area contributed by atoms with Gasteiger partial charge in [0.1, 0.15) is 5.60 Å². The van der Waals surface area contributed by atoms with Crippen molar-refractivity contribution >= 4 is 11.9 Å². The number of carbonyl (C=O) groups excluding carboxylic acids is 2. The number of unbranched alkanes of at least 4 members (excludes halogenated alkanes) is 4. The van der Waals surface area contributed by atoms with Crippen LogP contribution in [0.5, 0.6) is 0 Å². The first kappa shape index (κ1) is 24.9. The minimum absolute atomic E-state index is 0.158. The third-order valence-electron chi connectivity index (χ3n) is 4.81. The molecule has 0 aliphatic rings. The minimum Gasteiger partial charge on any atom is -0.469 e. The van der Waals surface area contributed by atoms with E-state index in [4.69, 9.17) is 9.47 Å². The summed E-state index contributed by atoms with van der Waals surface area (Å²) in [7, 11) is 1.43. The Hall–Kier alpha value is -1.10. The Morgan fingerprint density at radius 3 is 1.85 bits per heavy atom. The molecule has 0 aliphatic carbocycles. The highest BCUT2D eigenvalue weighted by atomic mass is 16.6. The second kappa shape index (κ2) is 12.3. The van der Waals surface area contributed by atoms with Crippen molar-refractivity contribution < 1.29 is 24.2 Å². The van der Waals surface area contributed by atoms with E-state index in [1.54, 1.807) is 0 Å². The molecule has 0 saturated carbocycles. The Morgan fingerprint density at radius 1 is 0.885 bits per heavy atom. The van der Waals surface area contributed by atoms with E-state index in [0.717, 1.165) is 64.2 Å². The van der Waals surface area contributed by atoms with Crippen LogP contribution < -0.4 is 0 Å². The number of hydrogen-bond acceptors (Lipinski definition) is 5. The lowest BCUT2D eigenvalue weighted by Gasteiger charge is -2.24. The largest absolute Gasteiger partial charge is 0.469 e. The van der Waals surface area contributed by atoms with Crippen molar-refractivity contribution in [2.24, 2.45) is 5.41 Å². The molecule has 0 radical (unpaired) electrons. The molecule has 0 saturated heterocycles.